The molecular weight excluding hydrogens is 352 g/mol. The van der Waals surface area contributed by atoms with Gasteiger partial charge in [0.2, 0.25) is 11.8 Å². The standard InChI is InChI=1S/C20H21ClN2O3/c1-26-17-8-7-13(18(22)24)11-16(17)23-19(25)20(9-2-3-10-20)14-5-4-6-15(21)12-14/h4-8,11-12H,2-3,9-10H2,1H3,(H2,22,24)(H,23,25). The maximum Gasteiger partial charge on any atom is 0.248 e. The second-order valence-corrected chi connectivity index (χ2v) is 6.97. The number of carbonyl (C=O) groups excluding carboxylic acids is 2. The number of hydrogen-bond donors (Lipinski definition) is 2. The lowest BCUT2D eigenvalue weighted by molar-refractivity contribution is -0.121. The molecule has 6 heteroatoms. The Kier molecular flexibility index (Phi) is 5.18. The van der Waals surface area contributed by atoms with Crippen molar-refractivity contribution in [3.63, 3.8) is 0 Å². The molecule has 1 aliphatic carbocycles. The van der Waals surface area contributed by atoms with E-state index < -0.39 is 11.3 Å². The Hall–Kier alpha value is -2.53. The highest BCUT2D eigenvalue weighted by atomic mass is 35.5. The van der Waals surface area contributed by atoms with Crippen molar-refractivity contribution in [2.75, 3.05) is 12.4 Å². The van der Waals surface area contributed by atoms with E-state index in [0.717, 1.165) is 31.2 Å². The van der Waals surface area contributed by atoms with Gasteiger partial charge in [-0.3, -0.25) is 9.59 Å². The third-order valence-corrected chi connectivity index (χ3v) is 5.24. The summed E-state index contributed by atoms with van der Waals surface area (Å²) in [5.74, 6) is -0.214. The van der Waals surface area contributed by atoms with Crippen LogP contribution in [0.3, 0.4) is 0 Å². The molecule has 136 valence electrons. The molecular formula is C20H21ClN2O3. The van der Waals surface area contributed by atoms with Gasteiger partial charge in [0, 0.05) is 10.6 Å². The number of halogens is 1. The minimum Gasteiger partial charge on any atom is -0.495 e. The van der Waals surface area contributed by atoms with Crippen LogP contribution in [0.15, 0.2) is 42.5 Å². The number of primary amides is 1. The van der Waals surface area contributed by atoms with E-state index in [0.29, 0.717) is 22.0 Å². The van der Waals surface area contributed by atoms with Gasteiger partial charge in [-0.2, -0.15) is 0 Å². The summed E-state index contributed by atoms with van der Waals surface area (Å²) in [6.45, 7) is 0. The molecule has 1 fully saturated rings. The first-order chi connectivity index (χ1) is 12.5. The van der Waals surface area contributed by atoms with E-state index in [-0.39, 0.29) is 5.91 Å². The topological polar surface area (TPSA) is 81.4 Å². The van der Waals surface area contributed by atoms with Crippen molar-refractivity contribution in [2.45, 2.75) is 31.1 Å². The number of benzene rings is 2. The van der Waals surface area contributed by atoms with E-state index in [1.165, 1.54) is 7.11 Å². The Bertz CT molecular complexity index is 845. The molecule has 2 amide bonds. The Morgan fingerprint density at radius 1 is 1.15 bits per heavy atom. The highest BCUT2D eigenvalue weighted by molar-refractivity contribution is 6.30. The largest absolute Gasteiger partial charge is 0.495 e. The summed E-state index contributed by atoms with van der Waals surface area (Å²) in [4.78, 5) is 24.7. The Morgan fingerprint density at radius 2 is 1.88 bits per heavy atom. The van der Waals surface area contributed by atoms with Gasteiger partial charge < -0.3 is 15.8 Å². The summed E-state index contributed by atoms with van der Waals surface area (Å²) in [7, 11) is 1.51. The quantitative estimate of drug-likeness (QED) is 0.835. The molecule has 0 aromatic heterocycles. The third-order valence-electron chi connectivity index (χ3n) is 5.00. The van der Waals surface area contributed by atoms with E-state index in [2.05, 4.69) is 5.32 Å². The van der Waals surface area contributed by atoms with Crippen LogP contribution in [-0.2, 0) is 10.2 Å². The molecule has 0 heterocycles. The Morgan fingerprint density at radius 3 is 2.50 bits per heavy atom. The van der Waals surface area contributed by atoms with Crippen LogP contribution in [0.5, 0.6) is 5.75 Å². The number of carbonyl (C=O) groups is 2. The first kappa shape index (κ1) is 18.3. The van der Waals surface area contributed by atoms with Gasteiger partial charge in [-0.05, 0) is 48.7 Å². The number of ether oxygens (including phenoxy) is 1. The number of amides is 2. The zero-order chi connectivity index (χ0) is 18.7. The number of nitrogens with two attached hydrogens (primary N) is 1. The monoisotopic (exact) mass is 372 g/mol. The molecule has 0 bridgehead atoms. The molecule has 5 nitrogen and oxygen atoms in total. The fourth-order valence-electron chi connectivity index (χ4n) is 3.61. The van der Waals surface area contributed by atoms with Crippen molar-refractivity contribution in [3.8, 4) is 5.75 Å². The minimum atomic E-state index is -0.640. The second kappa shape index (κ2) is 7.38. The smallest absolute Gasteiger partial charge is 0.248 e. The van der Waals surface area contributed by atoms with Gasteiger partial charge >= 0.3 is 0 Å². The number of hydrogen-bond acceptors (Lipinski definition) is 3. The van der Waals surface area contributed by atoms with Crippen molar-refractivity contribution in [1.29, 1.82) is 0 Å². The fourth-order valence-corrected chi connectivity index (χ4v) is 3.80. The molecule has 0 spiro atoms. The van der Waals surface area contributed by atoms with Crippen LogP contribution in [0, 0.1) is 0 Å². The molecule has 1 saturated carbocycles. The van der Waals surface area contributed by atoms with Gasteiger partial charge in [-0.25, -0.2) is 0 Å². The first-order valence-electron chi connectivity index (χ1n) is 8.51. The third kappa shape index (κ3) is 3.40. The van der Waals surface area contributed by atoms with Crippen molar-refractivity contribution < 1.29 is 14.3 Å². The van der Waals surface area contributed by atoms with Gasteiger partial charge in [0.25, 0.3) is 0 Å². The van der Waals surface area contributed by atoms with Crippen LogP contribution in [0.2, 0.25) is 5.02 Å². The van der Waals surface area contributed by atoms with Crippen LogP contribution in [0.25, 0.3) is 0 Å². The predicted molar refractivity (Wildman–Crippen MR) is 102 cm³/mol. The number of rotatable bonds is 5. The summed E-state index contributed by atoms with van der Waals surface area (Å²) < 4.78 is 5.31. The first-order valence-corrected chi connectivity index (χ1v) is 8.89. The molecule has 3 N–H and O–H groups in total. The maximum absolute atomic E-state index is 13.3. The molecule has 2 aromatic rings. The zero-order valence-electron chi connectivity index (χ0n) is 14.5. The Labute approximate surface area is 157 Å². The summed E-state index contributed by atoms with van der Waals surface area (Å²) in [5, 5.41) is 3.55. The molecule has 1 aliphatic rings. The maximum atomic E-state index is 13.3. The predicted octanol–water partition coefficient (Wildman–Crippen LogP) is 3.90. The van der Waals surface area contributed by atoms with Crippen molar-refractivity contribution >= 4 is 29.1 Å². The van der Waals surface area contributed by atoms with Gasteiger partial charge in [0.05, 0.1) is 18.2 Å². The average Bonchev–Trinajstić information content (AvgIpc) is 3.12. The molecule has 0 radical (unpaired) electrons. The van der Waals surface area contributed by atoms with E-state index in [9.17, 15) is 9.59 Å². The van der Waals surface area contributed by atoms with E-state index >= 15 is 0 Å². The van der Waals surface area contributed by atoms with Gasteiger partial charge in [-0.1, -0.05) is 36.6 Å². The highest BCUT2D eigenvalue weighted by Gasteiger charge is 2.43. The van der Waals surface area contributed by atoms with Gasteiger partial charge in [0.1, 0.15) is 5.75 Å². The Balaban J connectivity index is 1.97. The van der Waals surface area contributed by atoms with Gasteiger partial charge in [-0.15, -0.1) is 0 Å². The molecule has 2 aromatic carbocycles. The summed E-state index contributed by atoms with van der Waals surface area (Å²) in [6.07, 6.45) is 3.44. The highest BCUT2D eigenvalue weighted by Crippen LogP contribution is 2.43. The van der Waals surface area contributed by atoms with Crippen molar-refractivity contribution in [1.82, 2.24) is 0 Å². The van der Waals surface area contributed by atoms with Crippen molar-refractivity contribution in [2.24, 2.45) is 5.73 Å². The number of anilines is 1. The molecule has 0 saturated heterocycles. The average molecular weight is 373 g/mol. The van der Waals surface area contributed by atoms with Crippen LogP contribution in [0.1, 0.15) is 41.6 Å². The lowest BCUT2D eigenvalue weighted by Gasteiger charge is -2.29. The molecule has 0 atom stereocenters. The summed E-state index contributed by atoms with van der Waals surface area (Å²) in [6, 6.07) is 12.2. The molecule has 26 heavy (non-hydrogen) atoms. The SMILES string of the molecule is COc1ccc(C(N)=O)cc1NC(=O)C1(c2cccc(Cl)c2)CCCC1. The summed E-state index contributed by atoms with van der Waals surface area (Å²) >= 11 is 6.15. The van der Waals surface area contributed by atoms with E-state index in [1.54, 1.807) is 24.3 Å². The fraction of sp³-hybridized carbons (Fsp3) is 0.300. The number of methoxy groups -OCH3 is 1. The second-order valence-electron chi connectivity index (χ2n) is 6.53. The van der Waals surface area contributed by atoms with Crippen LogP contribution < -0.4 is 15.8 Å². The normalized spacial score (nSPS) is 15.5. The van der Waals surface area contributed by atoms with E-state index in [1.807, 2.05) is 18.2 Å². The minimum absolute atomic E-state index is 0.128. The van der Waals surface area contributed by atoms with Crippen LogP contribution in [-0.4, -0.2) is 18.9 Å². The number of nitrogens with one attached hydrogen (secondary N) is 1. The van der Waals surface area contributed by atoms with Crippen LogP contribution >= 0.6 is 11.6 Å². The molecule has 0 unspecified atom stereocenters. The lowest BCUT2D eigenvalue weighted by Crippen LogP contribution is -2.38. The van der Waals surface area contributed by atoms with Gasteiger partial charge in [0.15, 0.2) is 0 Å². The van der Waals surface area contributed by atoms with Crippen molar-refractivity contribution in [3.05, 3.63) is 58.6 Å². The zero-order valence-corrected chi connectivity index (χ0v) is 15.3. The molecule has 3 rings (SSSR count). The van der Waals surface area contributed by atoms with E-state index in [4.69, 9.17) is 22.1 Å². The lowest BCUT2D eigenvalue weighted by atomic mass is 9.78. The molecule has 0 aliphatic heterocycles. The van der Waals surface area contributed by atoms with Crippen LogP contribution in [0.4, 0.5) is 5.69 Å². The summed E-state index contributed by atoms with van der Waals surface area (Å²) in [5.41, 5.74) is 6.36.